The van der Waals surface area contributed by atoms with Crippen LogP contribution >= 0.6 is 0 Å². The predicted molar refractivity (Wildman–Crippen MR) is 78.2 cm³/mol. The van der Waals surface area contributed by atoms with Crippen molar-refractivity contribution >= 4 is 17.6 Å². The molecule has 0 aliphatic rings. The van der Waals surface area contributed by atoms with E-state index < -0.39 is 0 Å². The molecule has 0 unspecified atom stereocenters. The van der Waals surface area contributed by atoms with Crippen molar-refractivity contribution in [1.82, 2.24) is 15.1 Å². The summed E-state index contributed by atoms with van der Waals surface area (Å²) in [6.45, 7) is 5.98. The van der Waals surface area contributed by atoms with Gasteiger partial charge in [0.05, 0.1) is 13.1 Å². The second kappa shape index (κ2) is 9.25. The van der Waals surface area contributed by atoms with Crippen LogP contribution in [0.5, 0.6) is 0 Å². The molecule has 0 aromatic rings. The maximum Gasteiger partial charge on any atom is 0.239 e. The zero-order valence-electron chi connectivity index (χ0n) is 13.0. The Kier molecular flexibility index (Phi) is 8.47. The van der Waals surface area contributed by atoms with Crippen molar-refractivity contribution in [2.75, 3.05) is 33.7 Å². The largest absolute Gasteiger partial charge is 0.352 e. The lowest BCUT2D eigenvalue weighted by molar-refractivity contribution is -0.135. The topological polar surface area (TPSA) is 69.7 Å². The molecule has 0 aliphatic carbocycles. The van der Waals surface area contributed by atoms with Gasteiger partial charge in [-0.25, -0.2) is 0 Å². The average Bonchev–Trinajstić information content (AvgIpc) is 2.26. The van der Waals surface area contributed by atoms with E-state index >= 15 is 0 Å². The highest BCUT2D eigenvalue weighted by atomic mass is 16.2. The normalized spacial score (nSPS) is 11.2. The van der Waals surface area contributed by atoms with E-state index in [1.54, 1.807) is 25.1 Å². The Morgan fingerprint density at radius 2 is 1.75 bits per heavy atom. The Labute approximate surface area is 120 Å². The van der Waals surface area contributed by atoms with Crippen LogP contribution in [0.4, 0.5) is 0 Å². The third kappa shape index (κ3) is 9.27. The van der Waals surface area contributed by atoms with Crippen molar-refractivity contribution in [3.05, 3.63) is 12.2 Å². The van der Waals surface area contributed by atoms with Gasteiger partial charge >= 0.3 is 0 Å². The molecule has 0 saturated carbocycles. The Morgan fingerprint density at radius 1 is 1.15 bits per heavy atom. The van der Waals surface area contributed by atoms with Crippen LogP contribution in [-0.4, -0.2) is 67.2 Å². The first-order valence-electron chi connectivity index (χ1n) is 6.61. The first kappa shape index (κ1) is 18.3. The highest BCUT2D eigenvalue weighted by Gasteiger charge is 2.14. The van der Waals surface area contributed by atoms with Gasteiger partial charge in [0.1, 0.15) is 0 Å². The van der Waals surface area contributed by atoms with Crippen molar-refractivity contribution in [3.8, 4) is 0 Å². The van der Waals surface area contributed by atoms with Crippen LogP contribution in [-0.2, 0) is 14.4 Å². The molecule has 0 saturated heterocycles. The number of nitrogens with zero attached hydrogens (tertiary/aromatic N) is 2. The second-order valence-corrected chi connectivity index (χ2v) is 5.18. The van der Waals surface area contributed by atoms with E-state index in [4.69, 9.17) is 0 Å². The Morgan fingerprint density at radius 3 is 2.25 bits per heavy atom. The number of hydrogen-bond acceptors (Lipinski definition) is 4. The van der Waals surface area contributed by atoms with Crippen LogP contribution in [0.25, 0.3) is 0 Å². The van der Waals surface area contributed by atoms with Gasteiger partial charge in [-0.05, 0) is 33.9 Å². The molecule has 0 aromatic carbocycles. The summed E-state index contributed by atoms with van der Waals surface area (Å²) >= 11 is 0. The van der Waals surface area contributed by atoms with Crippen LogP contribution in [0.1, 0.15) is 20.8 Å². The molecule has 2 amide bonds. The van der Waals surface area contributed by atoms with E-state index in [0.717, 1.165) is 0 Å². The fraction of sp³-hybridized carbons (Fsp3) is 0.643. The molecule has 6 nitrogen and oxygen atoms in total. The van der Waals surface area contributed by atoms with E-state index in [-0.39, 0.29) is 36.7 Å². The minimum atomic E-state index is -0.171. The maximum absolute atomic E-state index is 11.9. The Bertz CT molecular complexity index is 378. The lowest BCUT2D eigenvalue weighted by Gasteiger charge is -2.21. The zero-order chi connectivity index (χ0) is 15.7. The van der Waals surface area contributed by atoms with E-state index in [1.807, 2.05) is 13.8 Å². The summed E-state index contributed by atoms with van der Waals surface area (Å²) < 4.78 is 0. The van der Waals surface area contributed by atoms with E-state index in [1.165, 1.54) is 17.9 Å². The van der Waals surface area contributed by atoms with Crippen molar-refractivity contribution in [2.24, 2.45) is 0 Å². The number of carbonyl (C=O) groups excluding carboxylic acids is 3. The highest BCUT2D eigenvalue weighted by Crippen LogP contribution is 1.91. The quantitative estimate of drug-likeness (QED) is 0.639. The van der Waals surface area contributed by atoms with Gasteiger partial charge in [-0.15, -0.1) is 0 Å². The second-order valence-electron chi connectivity index (χ2n) is 5.18. The highest BCUT2D eigenvalue weighted by molar-refractivity contribution is 5.87. The number of amides is 2. The van der Waals surface area contributed by atoms with Crippen molar-refractivity contribution in [3.63, 3.8) is 0 Å². The summed E-state index contributed by atoms with van der Waals surface area (Å²) in [7, 11) is 3.38. The molecule has 0 aliphatic heterocycles. The van der Waals surface area contributed by atoms with Gasteiger partial charge in [-0.1, -0.05) is 6.08 Å². The monoisotopic (exact) mass is 283 g/mol. The summed E-state index contributed by atoms with van der Waals surface area (Å²) in [4.78, 5) is 37.3. The summed E-state index contributed by atoms with van der Waals surface area (Å²) in [6.07, 6.45) is 3.18. The lowest BCUT2D eigenvalue weighted by atomic mass is 10.3. The number of rotatable bonds is 8. The van der Waals surface area contributed by atoms with Crippen molar-refractivity contribution in [2.45, 2.75) is 26.8 Å². The summed E-state index contributed by atoms with van der Waals surface area (Å²) in [5, 5.41) is 2.73. The summed E-state index contributed by atoms with van der Waals surface area (Å²) in [5.41, 5.74) is 0. The Hall–Kier alpha value is -1.69. The average molecular weight is 283 g/mol. The summed E-state index contributed by atoms with van der Waals surface area (Å²) in [5.74, 6) is -0.329. The molecule has 0 rings (SSSR count). The van der Waals surface area contributed by atoms with Crippen LogP contribution in [0.2, 0.25) is 0 Å². The molecule has 0 fully saturated rings. The van der Waals surface area contributed by atoms with Crippen LogP contribution in [0.15, 0.2) is 12.2 Å². The van der Waals surface area contributed by atoms with Gasteiger partial charge in [0.25, 0.3) is 0 Å². The van der Waals surface area contributed by atoms with Crippen LogP contribution in [0, 0.1) is 0 Å². The molecule has 6 heteroatoms. The number of likely N-dealkylation sites (N-methyl/N-ethyl adjacent to an activating group) is 2. The lowest BCUT2D eigenvalue weighted by Crippen LogP contribution is -2.43. The van der Waals surface area contributed by atoms with E-state index in [2.05, 4.69) is 5.32 Å². The molecule has 0 spiro atoms. The van der Waals surface area contributed by atoms with Gasteiger partial charge in [0.15, 0.2) is 5.78 Å². The maximum atomic E-state index is 11.9. The molecular weight excluding hydrogens is 258 g/mol. The SMILES string of the molecule is CC(=O)/C=C/CN(C)CC(=O)N(C)CC(=O)NC(C)C. The van der Waals surface area contributed by atoms with Gasteiger partial charge in [-0.3, -0.25) is 19.3 Å². The van der Waals surface area contributed by atoms with Crippen molar-refractivity contribution in [1.29, 1.82) is 0 Å². The fourth-order valence-electron chi connectivity index (χ4n) is 1.49. The van der Waals surface area contributed by atoms with Gasteiger partial charge in [-0.2, -0.15) is 0 Å². The Balaban J connectivity index is 4.12. The third-order valence-electron chi connectivity index (χ3n) is 2.43. The van der Waals surface area contributed by atoms with Gasteiger partial charge < -0.3 is 10.2 Å². The molecule has 114 valence electrons. The molecular formula is C14H25N3O3. The molecule has 0 bridgehead atoms. The number of allylic oxidation sites excluding steroid dienone is 1. The minimum Gasteiger partial charge on any atom is -0.352 e. The zero-order valence-corrected chi connectivity index (χ0v) is 13.0. The van der Waals surface area contributed by atoms with Crippen molar-refractivity contribution < 1.29 is 14.4 Å². The first-order chi connectivity index (χ1) is 9.22. The van der Waals surface area contributed by atoms with Gasteiger partial charge in [0, 0.05) is 19.6 Å². The predicted octanol–water partition coefficient (Wildman–Crippen LogP) is 0.0464. The van der Waals surface area contributed by atoms with Crippen LogP contribution in [0.3, 0.4) is 0 Å². The molecule has 0 atom stereocenters. The number of nitrogens with one attached hydrogen (secondary N) is 1. The standard InChI is InChI=1S/C14H25N3O3/c1-11(2)15-13(19)9-17(5)14(20)10-16(4)8-6-7-12(3)18/h6-7,11H,8-10H2,1-5H3,(H,15,19)/b7-6+. The number of hydrogen-bond donors (Lipinski definition) is 1. The molecule has 1 N–H and O–H groups in total. The van der Waals surface area contributed by atoms with Gasteiger partial charge in [0.2, 0.25) is 11.8 Å². The minimum absolute atomic E-state index is 0.0211. The fourth-order valence-corrected chi connectivity index (χ4v) is 1.49. The molecule has 0 aromatic heterocycles. The molecule has 20 heavy (non-hydrogen) atoms. The summed E-state index contributed by atoms with van der Waals surface area (Å²) in [6, 6.07) is 0.0605. The van der Waals surface area contributed by atoms with E-state index in [0.29, 0.717) is 6.54 Å². The first-order valence-corrected chi connectivity index (χ1v) is 6.61. The molecule has 0 heterocycles. The van der Waals surface area contributed by atoms with E-state index in [9.17, 15) is 14.4 Å². The van der Waals surface area contributed by atoms with Crippen LogP contribution < -0.4 is 5.32 Å². The number of carbonyl (C=O) groups is 3. The number of ketones is 1. The third-order valence-corrected chi connectivity index (χ3v) is 2.43. The molecule has 0 radical (unpaired) electrons. The smallest absolute Gasteiger partial charge is 0.239 e.